The number of aromatic amines is 1. The molecule has 0 bridgehead atoms. The maximum atomic E-state index is 5.69. The summed E-state index contributed by atoms with van der Waals surface area (Å²) in [5.74, 6) is 1.07. The number of nitrogens with zero attached hydrogens (tertiary/aromatic N) is 2. The Kier molecular flexibility index (Phi) is 3.25. The first-order valence-electron chi connectivity index (χ1n) is 4.90. The Bertz CT molecular complexity index is 439. The van der Waals surface area contributed by atoms with Gasteiger partial charge in [0.25, 0.3) is 0 Å². The number of H-pyrrole nitrogens is 1. The predicted octanol–water partition coefficient (Wildman–Crippen LogP) is 1.46. The monoisotopic (exact) mass is 239 g/mol. The molecule has 0 aromatic carbocycles. The van der Waals surface area contributed by atoms with E-state index >= 15 is 0 Å². The summed E-state index contributed by atoms with van der Waals surface area (Å²) in [6, 6.07) is 0. The molecule has 4 N–H and O–H groups in total. The molecule has 7 heteroatoms. The molecule has 2 rings (SSSR count). The van der Waals surface area contributed by atoms with E-state index in [0.717, 1.165) is 10.6 Å². The van der Waals surface area contributed by atoms with Crippen molar-refractivity contribution in [2.45, 2.75) is 13.5 Å². The van der Waals surface area contributed by atoms with Crippen LogP contribution in [-0.2, 0) is 6.54 Å². The molecule has 0 saturated carbocycles. The normalized spacial score (nSPS) is 10.3. The first-order chi connectivity index (χ1) is 7.81. The van der Waals surface area contributed by atoms with Crippen molar-refractivity contribution in [2.75, 3.05) is 17.7 Å². The minimum atomic E-state index is 0.432. The average molecular weight is 239 g/mol. The van der Waals surface area contributed by atoms with Crippen molar-refractivity contribution in [2.24, 2.45) is 0 Å². The highest BCUT2D eigenvalue weighted by atomic mass is 32.1. The molecule has 0 fully saturated rings. The topological polar surface area (TPSA) is 88.8 Å². The van der Waals surface area contributed by atoms with Crippen LogP contribution in [0.5, 0.6) is 5.75 Å². The summed E-state index contributed by atoms with van der Waals surface area (Å²) >= 11 is 1.30. The molecule has 6 nitrogen and oxygen atoms in total. The highest BCUT2D eigenvalue weighted by molar-refractivity contribution is 7.11. The lowest BCUT2D eigenvalue weighted by molar-refractivity contribution is 0.344. The minimum Gasteiger partial charge on any atom is -0.487 e. The zero-order valence-corrected chi connectivity index (χ0v) is 9.67. The highest BCUT2D eigenvalue weighted by Gasteiger charge is 2.12. The van der Waals surface area contributed by atoms with Gasteiger partial charge in [0.15, 0.2) is 16.6 Å². The molecule has 0 aliphatic rings. The number of hydrogen-bond acceptors (Lipinski definition) is 6. The maximum Gasteiger partial charge on any atom is 0.197 e. The number of nitrogens with two attached hydrogens (primary N) is 1. The van der Waals surface area contributed by atoms with E-state index in [0.29, 0.717) is 24.7 Å². The van der Waals surface area contributed by atoms with Crippen molar-refractivity contribution in [1.29, 1.82) is 0 Å². The van der Waals surface area contributed by atoms with E-state index in [1.165, 1.54) is 11.5 Å². The van der Waals surface area contributed by atoms with Crippen LogP contribution in [0.1, 0.15) is 12.5 Å². The fraction of sp³-hybridized carbons (Fsp3) is 0.333. The first kappa shape index (κ1) is 10.7. The summed E-state index contributed by atoms with van der Waals surface area (Å²) in [4.78, 5) is 0. The molecule has 2 aromatic rings. The molecule has 0 atom stereocenters. The molecule has 0 aliphatic carbocycles. The zero-order valence-electron chi connectivity index (χ0n) is 8.86. The van der Waals surface area contributed by atoms with E-state index in [4.69, 9.17) is 10.5 Å². The lowest BCUT2D eigenvalue weighted by Gasteiger charge is -2.06. The summed E-state index contributed by atoms with van der Waals surface area (Å²) in [5.41, 5.74) is 6.76. The highest BCUT2D eigenvalue weighted by Crippen LogP contribution is 2.35. The molecule has 0 spiro atoms. The van der Waals surface area contributed by atoms with Crippen molar-refractivity contribution in [3.8, 4) is 5.75 Å². The lowest BCUT2D eigenvalue weighted by Crippen LogP contribution is -2.01. The first-order valence-corrected chi connectivity index (χ1v) is 5.68. The number of ether oxygens (including phenoxy) is 1. The van der Waals surface area contributed by atoms with Gasteiger partial charge in [0.1, 0.15) is 0 Å². The summed E-state index contributed by atoms with van der Waals surface area (Å²) in [7, 11) is 0. The SMILES string of the molecule is CCOc1c(N)nsc1NCc1cn[nH]c1. The van der Waals surface area contributed by atoms with E-state index in [9.17, 15) is 0 Å². The molecular formula is C9H13N5OS. The van der Waals surface area contributed by atoms with Gasteiger partial charge in [0.2, 0.25) is 0 Å². The Balaban J connectivity index is 2.03. The van der Waals surface area contributed by atoms with Crippen LogP contribution in [0.25, 0.3) is 0 Å². The van der Waals surface area contributed by atoms with Crippen molar-refractivity contribution in [1.82, 2.24) is 14.6 Å². The second-order valence-corrected chi connectivity index (χ2v) is 3.89. The molecule has 0 amide bonds. The van der Waals surface area contributed by atoms with Crippen LogP contribution in [0.3, 0.4) is 0 Å². The molecule has 0 radical (unpaired) electrons. The second-order valence-electron chi connectivity index (χ2n) is 3.12. The minimum absolute atomic E-state index is 0.432. The fourth-order valence-electron chi connectivity index (χ4n) is 1.25. The van der Waals surface area contributed by atoms with Crippen LogP contribution in [0.2, 0.25) is 0 Å². The summed E-state index contributed by atoms with van der Waals surface area (Å²) < 4.78 is 9.46. The van der Waals surface area contributed by atoms with Gasteiger partial charge in [-0.2, -0.15) is 9.47 Å². The largest absolute Gasteiger partial charge is 0.487 e. The van der Waals surface area contributed by atoms with Gasteiger partial charge in [-0.05, 0) is 18.5 Å². The summed E-state index contributed by atoms with van der Waals surface area (Å²) in [6.07, 6.45) is 3.59. The Morgan fingerprint density at radius 2 is 2.50 bits per heavy atom. The van der Waals surface area contributed by atoms with Gasteiger partial charge in [0.05, 0.1) is 12.8 Å². The van der Waals surface area contributed by atoms with Crippen LogP contribution in [-0.4, -0.2) is 21.2 Å². The van der Waals surface area contributed by atoms with Gasteiger partial charge in [-0.25, -0.2) is 0 Å². The van der Waals surface area contributed by atoms with Crippen LogP contribution >= 0.6 is 11.5 Å². The number of nitrogen functional groups attached to an aromatic ring is 1. The van der Waals surface area contributed by atoms with Gasteiger partial charge in [-0.15, -0.1) is 0 Å². The molecular weight excluding hydrogens is 226 g/mol. The van der Waals surface area contributed by atoms with E-state index in [1.54, 1.807) is 6.20 Å². The average Bonchev–Trinajstić information content (AvgIpc) is 2.89. The molecule has 2 aromatic heterocycles. The molecule has 2 heterocycles. The Hall–Kier alpha value is -1.76. The standard InChI is InChI=1S/C9H13N5OS/c1-2-15-7-8(10)14-16-9(7)11-3-6-4-12-13-5-6/h4-5,11H,2-3H2,1H3,(H2,10,14)(H,12,13). The molecule has 16 heavy (non-hydrogen) atoms. The van der Waals surface area contributed by atoms with Gasteiger partial charge >= 0.3 is 0 Å². The maximum absolute atomic E-state index is 5.69. The molecule has 0 saturated heterocycles. The molecule has 0 unspecified atom stereocenters. The van der Waals surface area contributed by atoms with Crippen molar-refractivity contribution >= 4 is 22.4 Å². The van der Waals surface area contributed by atoms with Crippen LogP contribution < -0.4 is 15.8 Å². The van der Waals surface area contributed by atoms with Crippen molar-refractivity contribution in [3.63, 3.8) is 0 Å². The second kappa shape index (κ2) is 4.84. The summed E-state index contributed by atoms with van der Waals surface area (Å²) in [5, 5.41) is 10.7. The quantitative estimate of drug-likeness (QED) is 0.735. The van der Waals surface area contributed by atoms with E-state index < -0.39 is 0 Å². The van der Waals surface area contributed by atoms with Crippen molar-refractivity contribution < 1.29 is 4.74 Å². The smallest absolute Gasteiger partial charge is 0.197 e. The van der Waals surface area contributed by atoms with Crippen molar-refractivity contribution in [3.05, 3.63) is 18.0 Å². The number of nitrogens with one attached hydrogen (secondary N) is 2. The van der Waals surface area contributed by atoms with Gasteiger partial charge in [-0.3, -0.25) is 5.10 Å². The van der Waals surface area contributed by atoms with Crippen LogP contribution in [0.15, 0.2) is 12.4 Å². The summed E-state index contributed by atoms with van der Waals surface area (Å²) in [6.45, 7) is 3.15. The van der Waals surface area contributed by atoms with E-state index in [1.807, 2.05) is 13.1 Å². The van der Waals surface area contributed by atoms with E-state index in [-0.39, 0.29) is 0 Å². The number of rotatable bonds is 5. The van der Waals surface area contributed by atoms with Gasteiger partial charge in [0, 0.05) is 18.3 Å². The Morgan fingerprint density at radius 3 is 3.19 bits per heavy atom. The van der Waals surface area contributed by atoms with E-state index in [2.05, 4.69) is 19.9 Å². The Morgan fingerprint density at radius 1 is 1.62 bits per heavy atom. The fourth-order valence-corrected chi connectivity index (χ4v) is 1.90. The van der Waals surface area contributed by atoms with Crippen LogP contribution in [0, 0.1) is 0 Å². The van der Waals surface area contributed by atoms with Gasteiger partial charge < -0.3 is 15.8 Å². The number of hydrogen-bond donors (Lipinski definition) is 3. The third-order valence-electron chi connectivity index (χ3n) is 1.97. The number of anilines is 2. The molecule has 0 aliphatic heterocycles. The lowest BCUT2D eigenvalue weighted by atomic mass is 10.3. The number of aromatic nitrogens is 3. The van der Waals surface area contributed by atoms with Crippen LogP contribution in [0.4, 0.5) is 10.8 Å². The third-order valence-corrected chi connectivity index (χ3v) is 2.77. The van der Waals surface area contributed by atoms with Gasteiger partial charge in [-0.1, -0.05) is 0 Å². The Labute approximate surface area is 97.0 Å². The zero-order chi connectivity index (χ0) is 11.4. The third kappa shape index (κ3) is 2.25. The predicted molar refractivity (Wildman–Crippen MR) is 63.6 cm³/mol. The molecule has 86 valence electrons.